The lowest BCUT2D eigenvalue weighted by atomic mass is 10.3. The number of hydrogen-bond acceptors (Lipinski definition) is 4. The Morgan fingerprint density at radius 1 is 1.27 bits per heavy atom. The number of aliphatic imine (C=N–C) groups is 1. The van der Waals surface area contributed by atoms with Crippen LogP contribution in [-0.2, 0) is 23.6 Å². The summed E-state index contributed by atoms with van der Waals surface area (Å²) in [6.45, 7) is 3.91. The normalized spacial score (nSPS) is 11.7. The molecule has 0 spiro atoms. The van der Waals surface area contributed by atoms with E-state index in [0.29, 0.717) is 19.0 Å². The first kappa shape index (κ1) is 22.4. The molecule has 0 aliphatic carbocycles. The van der Waals surface area contributed by atoms with Crippen molar-refractivity contribution in [2.75, 3.05) is 19.6 Å². The molecular weight excluding hydrogens is 467 g/mol. The Labute approximate surface area is 171 Å². The van der Waals surface area contributed by atoms with E-state index in [-0.39, 0.29) is 35.4 Å². The number of hydrogen-bond donors (Lipinski definition) is 3. The van der Waals surface area contributed by atoms with Gasteiger partial charge in [0, 0.05) is 51.5 Å². The number of aromatic nitrogens is 2. The molecule has 2 rings (SSSR count). The fourth-order valence-corrected chi connectivity index (χ4v) is 3.12. The molecule has 8 nitrogen and oxygen atoms in total. The van der Waals surface area contributed by atoms with E-state index in [1.807, 2.05) is 37.0 Å². The van der Waals surface area contributed by atoms with Gasteiger partial charge in [-0.15, -0.1) is 24.0 Å². The minimum Gasteiger partial charge on any atom is -0.357 e. The zero-order valence-corrected chi connectivity index (χ0v) is 18.0. The highest BCUT2D eigenvalue weighted by atomic mass is 127. The number of pyridine rings is 1. The van der Waals surface area contributed by atoms with Crippen molar-refractivity contribution in [3.8, 4) is 0 Å². The zero-order valence-electron chi connectivity index (χ0n) is 14.8. The Balaban J connectivity index is 0.00000338. The van der Waals surface area contributed by atoms with Crippen LogP contribution in [0.1, 0.15) is 12.5 Å². The average Bonchev–Trinajstić information content (AvgIpc) is 3.02. The minimum atomic E-state index is -3.54. The predicted molar refractivity (Wildman–Crippen MR) is 113 cm³/mol. The maximum atomic E-state index is 12.1. The second-order valence-electron chi connectivity index (χ2n) is 5.39. The fourth-order valence-electron chi connectivity index (χ4n) is 2.12. The van der Waals surface area contributed by atoms with Gasteiger partial charge >= 0.3 is 0 Å². The third kappa shape index (κ3) is 7.30. The van der Waals surface area contributed by atoms with Crippen LogP contribution < -0.4 is 15.4 Å². The summed E-state index contributed by atoms with van der Waals surface area (Å²) in [5, 5.41) is 6.25. The van der Waals surface area contributed by atoms with Gasteiger partial charge in [-0.25, -0.2) is 18.1 Å². The van der Waals surface area contributed by atoms with Crippen molar-refractivity contribution in [3.05, 3.63) is 48.5 Å². The molecule has 2 aromatic rings. The molecule has 0 saturated carbocycles. The largest absolute Gasteiger partial charge is 0.357 e. The lowest BCUT2D eigenvalue weighted by molar-refractivity contribution is 0.580. The van der Waals surface area contributed by atoms with Gasteiger partial charge < -0.3 is 15.2 Å². The number of rotatable bonds is 8. The van der Waals surface area contributed by atoms with Crippen LogP contribution >= 0.6 is 24.0 Å². The summed E-state index contributed by atoms with van der Waals surface area (Å²) in [5.74, 6) is 0.645. The van der Waals surface area contributed by atoms with E-state index >= 15 is 0 Å². The third-order valence-electron chi connectivity index (χ3n) is 3.31. The van der Waals surface area contributed by atoms with E-state index in [0.717, 1.165) is 12.1 Å². The first-order chi connectivity index (χ1) is 12.0. The quantitative estimate of drug-likeness (QED) is 0.222. The van der Waals surface area contributed by atoms with Gasteiger partial charge in [0.1, 0.15) is 4.90 Å². The minimum absolute atomic E-state index is 0. The highest BCUT2D eigenvalue weighted by Gasteiger charge is 2.12. The first-order valence-corrected chi connectivity index (χ1v) is 9.52. The van der Waals surface area contributed by atoms with Crippen LogP contribution in [0.25, 0.3) is 0 Å². The number of guanidine groups is 1. The van der Waals surface area contributed by atoms with Gasteiger partial charge in [-0.3, -0.25) is 4.98 Å². The molecule has 2 heterocycles. The lowest BCUT2D eigenvalue weighted by Gasteiger charge is -2.12. The summed E-state index contributed by atoms with van der Waals surface area (Å²) in [4.78, 5) is 8.46. The molecule has 2 aromatic heterocycles. The molecule has 0 saturated heterocycles. The van der Waals surface area contributed by atoms with E-state index in [1.54, 1.807) is 6.07 Å². The summed E-state index contributed by atoms with van der Waals surface area (Å²) in [7, 11) is -1.58. The van der Waals surface area contributed by atoms with Crippen LogP contribution in [0.3, 0.4) is 0 Å². The Kier molecular flexibility index (Phi) is 9.59. The molecule has 0 radical (unpaired) electrons. The van der Waals surface area contributed by atoms with E-state index < -0.39 is 10.0 Å². The molecule has 0 atom stereocenters. The van der Waals surface area contributed by atoms with Crippen LogP contribution in [0.4, 0.5) is 0 Å². The Hall–Kier alpha value is -1.66. The zero-order chi connectivity index (χ0) is 18.1. The molecule has 0 unspecified atom stereocenters. The molecule has 26 heavy (non-hydrogen) atoms. The van der Waals surface area contributed by atoms with Crippen LogP contribution in [0.15, 0.2) is 52.9 Å². The first-order valence-electron chi connectivity index (χ1n) is 8.04. The molecule has 0 amide bonds. The number of nitrogens with one attached hydrogen (secondary N) is 3. The predicted octanol–water partition coefficient (Wildman–Crippen LogP) is 1.07. The SMILES string of the molecule is CCNC(=NCc1ccn(C)c1)NCCNS(=O)(=O)c1cccnc1.I. The molecule has 0 aliphatic heterocycles. The standard InChI is InChI=1S/C16H24N6O2S.HI/c1-3-18-16(20-11-14-6-10-22(2)13-14)19-8-9-21-25(23,24)15-5-4-7-17-12-15;/h4-7,10,12-13,21H,3,8-9,11H2,1-2H3,(H2,18,19,20);1H. The third-order valence-corrected chi connectivity index (χ3v) is 4.76. The summed E-state index contributed by atoms with van der Waals surface area (Å²) >= 11 is 0. The number of sulfonamides is 1. The van der Waals surface area contributed by atoms with E-state index in [9.17, 15) is 8.42 Å². The number of nitrogens with zero attached hydrogens (tertiary/aromatic N) is 3. The van der Waals surface area contributed by atoms with Crippen molar-refractivity contribution in [1.29, 1.82) is 0 Å². The van der Waals surface area contributed by atoms with Crippen LogP contribution in [0.2, 0.25) is 0 Å². The second-order valence-corrected chi connectivity index (χ2v) is 7.16. The highest BCUT2D eigenvalue weighted by molar-refractivity contribution is 14.0. The maximum absolute atomic E-state index is 12.1. The van der Waals surface area contributed by atoms with Gasteiger partial charge in [-0.05, 0) is 30.7 Å². The monoisotopic (exact) mass is 492 g/mol. The highest BCUT2D eigenvalue weighted by Crippen LogP contribution is 2.04. The number of aryl methyl sites for hydroxylation is 1. The van der Waals surface area contributed by atoms with Crippen molar-refractivity contribution >= 4 is 40.0 Å². The molecule has 144 valence electrons. The molecule has 3 N–H and O–H groups in total. The lowest BCUT2D eigenvalue weighted by Crippen LogP contribution is -2.41. The molecule has 10 heteroatoms. The summed E-state index contributed by atoms with van der Waals surface area (Å²) < 4.78 is 28.7. The van der Waals surface area contributed by atoms with E-state index in [4.69, 9.17) is 0 Å². The maximum Gasteiger partial charge on any atom is 0.242 e. The van der Waals surface area contributed by atoms with Crippen molar-refractivity contribution in [1.82, 2.24) is 24.9 Å². The number of halogens is 1. The van der Waals surface area contributed by atoms with Crippen LogP contribution in [0, 0.1) is 0 Å². The smallest absolute Gasteiger partial charge is 0.242 e. The van der Waals surface area contributed by atoms with Gasteiger partial charge in [-0.1, -0.05) is 0 Å². The summed E-state index contributed by atoms with van der Waals surface area (Å²) in [5.41, 5.74) is 1.11. The van der Waals surface area contributed by atoms with E-state index in [2.05, 4.69) is 25.3 Å². The van der Waals surface area contributed by atoms with Crippen LogP contribution in [-0.4, -0.2) is 43.6 Å². The fraction of sp³-hybridized carbons (Fsp3) is 0.375. The van der Waals surface area contributed by atoms with Gasteiger partial charge in [0.2, 0.25) is 10.0 Å². The molecule has 0 fully saturated rings. The van der Waals surface area contributed by atoms with Crippen molar-refractivity contribution < 1.29 is 8.42 Å². The second kappa shape index (κ2) is 11.1. The average molecular weight is 492 g/mol. The van der Waals surface area contributed by atoms with Crippen LogP contribution in [0.5, 0.6) is 0 Å². The Morgan fingerprint density at radius 2 is 2.08 bits per heavy atom. The van der Waals surface area contributed by atoms with Gasteiger partial charge in [0.05, 0.1) is 6.54 Å². The summed E-state index contributed by atoms with van der Waals surface area (Å²) in [6, 6.07) is 5.11. The van der Waals surface area contributed by atoms with Gasteiger partial charge in [0.25, 0.3) is 0 Å². The topological polar surface area (TPSA) is 100 Å². The van der Waals surface area contributed by atoms with E-state index in [1.165, 1.54) is 18.5 Å². The van der Waals surface area contributed by atoms with Crippen molar-refractivity contribution in [2.24, 2.45) is 12.0 Å². The van der Waals surface area contributed by atoms with Gasteiger partial charge in [0.15, 0.2) is 5.96 Å². The molecule has 0 aromatic carbocycles. The molecular formula is C16H25IN6O2S. The van der Waals surface area contributed by atoms with Crippen molar-refractivity contribution in [3.63, 3.8) is 0 Å². The molecule has 0 bridgehead atoms. The Bertz CT molecular complexity index is 792. The summed E-state index contributed by atoms with van der Waals surface area (Å²) in [6.07, 6.45) is 6.83. The molecule has 0 aliphatic rings. The Morgan fingerprint density at radius 3 is 2.69 bits per heavy atom. The van der Waals surface area contributed by atoms with Gasteiger partial charge in [-0.2, -0.15) is 0 Å². The van der Waals surface area contributed by atoms with Crippen molar-refractivity contribution in [2.45, 2.75) is 18.4 Å².